The van der Waals surface area contributed by atoms with Gasteiger partial charge in [-0.1, -0.05) is 13.8 Å². The number of rotatable bonds is 4. The standard InChI is InChI=1S/C12H17BrN2O/c1-8(2)4-7-12(16)15-10-5-6-11(13)14-9(10)3/h5-6,8H,4,7H2,1-3H3,(H,15,16). The molecule has 0 unspecified atom stereocenters. The Balaban J connectivity index is 2.56. The largest absolute Gasteiger partial charge is 0.325 e. The topological polar surface area (TPSA) is 42.0 Å². The Hall–Kier alpha value is -0.900. The van der Waals surface area contributed by atoms with E-state index in [0.717, 1.165) is 22.4 Å². The second-order valence-corrected chi connectivity index (χ2v) is 5.06. The van der Waals surface area contributed by atoms with Crippen LogP contribution in [0, 0.1) is 12.8 Å². The van der Waals surface area contributed by atoms with Crippen LogP contribution in [0.2, 0.25) is 0 Å². The molecule has 0 saturated carbocycles. The van der Waals surface area contributed by atoms with Crippen molar-refractivity contribution in [3.63, 3.8) is 0 Å². The van der Waals surface area contributed by atoms with E-state index in [2.05, 4.69) is 40.1 Å². The third kappa shape index (κ3) is 4.31. The molecular weight excluding hydrogens is 268 g/mol. The predicted molar refractivity (Wildman–Crippen MR) is 69.4 cm³/mol. The lowest BCUT2D eigenvalue weighted by molar-refractivity contribution is -0.116. The highest BCUT2D eigenvalue weighted by molar-refractivity contribution is 9.10. The first-order chi connectivity index (χ1) is 7.49. The Morgan fingerprint density at radius 1 is 1.50 bits per heavy atom. The van der Waals surface area contributed by atoms with E-state index in [1.165, 1.54) is 0 Å². The van der Waals surface area contributed by atoms with Gasteiger partial charge in [0.2, 0.25) is 5.91 Å². The Morgan fingerprint density at radius 3 is 2.75 bits per heavy atom. The molecule has 0 fully saturated rings. The van der Waals surface area contributed by atoms with Gasteiger partial charge in [0, 0.05) is 6.42 Å². The van der Waals surface area contributed by atoms with E-state index in [1.807, 2.05) is 19.1 Å². The average Bonchev–Trinajstić information content (AvgIpc) is 2.19. The molecule has 1 heterocycles. The molecular formula is C12H17BrN2O. The highest BCUT2D eigenvalue weighted by Crippen LogP contribution is 2.16. The van der Waals surface area contributed by atoms with E-state index in [-0.39, 0.29) is 5.91 Å². The van der Waals surface area contributed by atoms with Gasteiger partial charge in [-0.05, 0) is 47.3 Å². The van der Waals surface area contributed by atoms with Crippen LogP contribution in [0.15, 0.2) is 16.7 Å². The van der Waals surface area contributed by atoms with Gasteiger partial charge in [-0.2, -0.15) is 0 Å². The zero-order chi connectivity index (χ0) is 12.1. The Kier molecular flexibility index (Phi) is 4.93. The normalized spacial score (nSPS) is 10.6. The van der Waals surface area contributed by atoms with Crippen LogP contribution in [0.5, 0.6) is 0 Å². The Bertz CT molecular complexity index is 377. The summed E-state index contributed by atoms with van der Waals surface area (Å²) in [5.74, 6) is 0.607. The minimum absolute atomic E-state index is 0.0564. The molecule has 1 aromatic rings. The average molecular weight is 285 g/mol. The highest BCUT2D eigenvalue weighted by atomic mass is 79.9. The molecule has 0 saturated heterocycles. The summed E-state index contributed by atoms with van der Waals surface area (Å²) in [7, 11) is 0. The number of aromatic nitrogens is 1. The van der Waals surface area contributed by atoms with Crippen LogP contribution in [0.4, 0.5) is 5.69 Å². The molecule has 0 aromatic carbocycles. The van der Waals surface area contributed by atoms with Gasteiger partial charge in [-0.15, -0.1) is 0 Å². The molecule has 0 radical (unpaired) electrons. The number of amides is 1. The molecule has 0 spiro atoms. The van der Waals surface area contributed by atoms with Crippen molar-refractivity contribution in [1.82, 2.24) is 4.98 Å². The molecule has 0 bridgehead atoms. The number of pyridine rings is 1. The van der Waals surface area contributed by atoms with E-state index in [9.17, 15) is 4.79 Å². The van der Waals surface area contributed by atoms with Gasteiger partial charge in [-0.25, -0.2) is 4.98 Å². The van der Waals surface area contributed by atoms with Crippen molar-refractivity contribution in [3.05, 3.63) is 22.4 Å². The number of nitrogens with zero attached hydrogens (tertiary/aromatic N) is 1. The smallest absolute Gasteiger partial charge is 0.224 e. The fourth-order valence-corrected chi connectivity index (χ4v) is 1.69. The lowest BCUT2D eigenvalue weighted by Gasteiger charge is -2.08. The van der Waals surface area contributed by atoms with Crippen molar-refractivity contribution in [2.75, 3.05) is 5.32 Å². The Morgan fingerprint density at radius 2 is 2.19 bits per heavy atom. The maximum Gasteiger partial charge on any atom is 0.224 e. The summed E-state index contributed by atoms with van der Waals surface area (Å²) < 4.78 is 0.783. The van der Waals surface area contributed by atoms with E-state index in [0.29, 0.717) is 12.3 Å². The number of nitrogens with one attached hydrogen (secondary N) is 1. The summed E-state index contributed by atoms with van der Waals surface area (Å²) >= 11 is 3.29. The molecule has 0 aliphatic carbocycles. The van der Waals surface area contributed by atoms with Crippen LogP contribution in [0.3, 0.4) is 0 Å². The van der Waals surface area contributed by atoms with Crippen molar-refractivity contribution < 1.29 is 4.79 Å². The van der Waals surface area contributed by atoms with Crippen LogP contribution < -0.4 is 5.32 Å². The lowest BCUT2D eigenvalue weighted by Crippen LogP contribution is -2.13. The molecule has 4 heteroatoms. The van der Waals surface area contributed by atoms with Gasteiger partial charge in [0.15, 0.2) is 0 Å². The van der Waals surface area contributed by atoms with Gasteiger partial charge in [0.25, 0.3) is 0 Å². The monoisotopic (exact) mass is 284 g/mol. The number of hydrogen-bond acceptors (Lipinski definition) is 2. The van der Waals surface area contributed by atoms with Crippen LogP contribution in [-0.4, -0.2) is 10.9 Å². The molecule has 1 amide bonds. The molecule has 0 aliphatic heterocycles. The third-order valence-corrected chi connectivity index (χ3v) is 2.72. The summed E-state index contributed by atoms with van der Waals surface area (Å²) in [6.07, 6.45) is 1.47. The molecule has 1 rings (SSSR count). The third-order valence-electron chi connectivity index (χ3n) is 2.27. The SMILES string of the molecule is Cc1nc(Br)ccc1NC(=O)CCC(C)C. The van der Waals surface area contributed by atoms with Gasteiger partial charge < -0.3 is 5.32 Å². The fourth-order valence-electron chi connectivity index (χ4n) is 1.29. The summed E-state index contributed by atoms with van der Waals surface area (Å²) in [4.78, 5) is 15.8. The van der Waals surface area contributed by atoms with Gasteiger partial charge in [0.05, 0.1) is 11.4 Å². The maximum absolute atomic E-state index is 11.6. The van der Waals surface area contributed by atoms with E-state index in [1.54, 1.807) is 0 Å². The fraction of sp³-hybridized carbons (Fsp3) is 0.500. The van der Waals surface area contributed by atoms with Crippen molar-refractivity contribution in [1.29, 1.82) is 0 Å². The van der Waals surface area contributed by atoms with Gasteiger partial charge >= 0.3 is 0 Å². The first-order valence-corrected chi connectivity index (χ1v) is 6.21. The number of carbonyl (C=O) groups excluding carboxylic acids is 1. The maximum atomic E-state index is 11.6. The summed E-state index contributed by atoms with van der Waals surface area (Å²) in [6.45, 7) is 6.10. The number of carbonyl (C=O) groups is 1. The molecule has 1 N–H and O–H groups in total. The second kappa shape index (κ2) is 5.99. The first-order valence-electron chi connectivity index (χ1n) is 5.42. The van der Waals surface area contributed by atoms with Crippen molar-refractivity contribution in [2.45, 2.75) is 33.6 Å². The number of halogens is 1. The molecule has 16 heavy (non-hydrogen) atoms. The summed E-state index contributed by atoms with van der Waals surface area (Å²) in [6, 6.07) is 3.69. The van der Waals surface area contributed by atoms with Crippen LogP contribution in [0.25, 0.3) is 0 Å². The highest BCUT2D eigenvalue weighted by Gasteiger charge is 2.06. The van der Waals surface area contributed by atoms with Crippen LogP contribution in [-0.2, 0) is 4.79 Å². The number of aryl methyl sites for hydroxylation is 1. The summed E-state index contributed by atoms with van der Waals surface area (Å²) in [5, 5.41) is 2.87. The minimum atomic E-state index is 0.0564. The zero-order valence-electron chi connectivity index (χ0n) is 9.88. The predicted octanol–water partition coefficient (Wildman–Crippen LogP) is 3.53. The van der Waals surface area contributed by atoms with E-state index >= 15 is 0 Å². The minimum Gasteiger partial charge on any atom is -0.325 e. The second-order valence-electron chi connectivity index (χ2n) is 4.25. The van der Waals surface area contributed by atoms with E-state index in [4.69, 9.17) is 0 Å². The van der Waals surface area contributed by atoms with Crippen molar-refractivity contribution in [3.8, 4) is 0 Å². The number of hydrogen-bond donors (Lipinski definition) is 1. The van der Waals surface area contributed by atoms with Crippen LogP contribution in [0.1, 0.15) is 32.4 Å². The van der Waals surface area contributed by atoms with E-state index < -0.39 is 0 Å². The molecule has 1 aromatic heterocycles. The van der Waals surface area contributed by atoms with Crippen LogP contribution >= 0.6 is 15.9 Å². The quantitative estimate of drug-likeness (QED) is 0.860. The number of anilines is 1. The zero-order valence-corrected chi connectivity index (χ0v) is 11.5. The first kappa shape index (κ1) is 13.2. The van der Waals surface area contributed by atoms with Gasteiger partial charge in [0.1, 0.15) is 4.60 Å². The Labute approximate surface area is 105 Å². The molecule has 0 aliphatic rings. The van der Waals surface area contributed by atoms with Crippen molar-refractivity contribution in [2.24, 2.45) is 5.92 Å². The van der Waals surface area contributed by atoms with Gasteiger partial charge in [-0.3, -0.25) is 4.79 Å². The molecule has 0 atom stereocenters. The summed E-state index contributed by atoms with van der Waals surface area (Å²) in [5.41, 5.74) is 1.62. The lowest BCUT2D eigenvalue weighted by atomic mass is 10.1. The molecule has 88 valence electrons. The molecule has 3 nitrogen and oxygen atoms in total. The van der Waals surface area contributed by atoms with Crippen molar-refractivity contribution >= 4 is 27.5 Å².